The number of amides is 2. The third-order valence-corrected chi connectivity index (χ3v) is 8.35. The lowest BCUT2D eigenvalue weighted by molar-refractivity contribution is -0.170. The highest BCUT2D eigenvalue weighted by Crippen LogP contribution is 2.42. The van der Waals surface area contributed by atoms with Gasteiger partial charge in [-0.3, -0.25) is 14.5 Å². The number of carboxylic acid groups (broad SMARTS) is 3. The van der Waals surface area contributed by atoms with Crippen molar-refractivity contribution in [3.63, 3.8) is 0 Å². The molecule has 45 heavy (non-hydrogen) atoms. The van der Waals surface area contributed by atoms with Crippen LogP contribution in [0.4, 0.5) is 9.18 Å². The SMILES string of the molecule is CN(C)C1(c2ccccc2)CCC(CNC(=O)NCCc2c[nH]c3ccc(F)cc23)CC1.O=C(O)CC(O)(CC(=O)O)C(=O)O. The van der Waals surface area contributed by atoms with Crippen LogP contribution in [-0.2, 0) is 26.3 Å². The molecule has 1 fully saturated rings. The number of carboxylic acids is 3. The fourth-order valence-corrected chi connectivity index (χ4v) is 5.78. The number of fused-ring (bicyclic) bond motifs is 1. The average molecular weight is 629 g/mol. The molecule has 1 aliphatic rings. The molecule has 1 saturated carbocycles. The minimum absolute atomic E-state index is 0.0822. The molecular weight excluding hydrogens is 587 g/mol. The quantitative estimate of drug-likeness (QED) is 0.157. The lowest BCUT2D eigenvalue weighted by atomic mass is 9.72. The number of carbonyl (C=O) groups excluding carboxylic acids is 1. The Morgan fingerprint density at radius 1 is 0.978 bits per heavy atom. The molecule has 0 bridgehead atoms. The van der Waals surface area contributed by atoms with Crippen LogP contribution in [0.5, 0.6) is 0 Å². The molecule has 0 saturated heterocycles. The Morgan fingerprint density at radius 3 is 2.16 bits per heavy atom. The van der Waals surface area contributed by atoms with Crippen LogP contribution in [0.2, 0.25) is 0 Å². The third-order valence-electron chi connectivity index (χ3n) is 8.35. The molecule has 1 aromatic heterocycles. The summed E-state index contributed by atoms with van der Waals surface area (Å²) in [6.45, 7) is 1.21. The van der Waals surface area contributed by atoms with E-state index in [1.807, 2.05) is 6.20 Å². The van der Waals surface area contributed by atoms with E-state index in [2.05, 4.69) is 64.9 Å². The summed E-state index contributed by atoms with van der Waals surface area (Å²) in [7, 11) is 4.34. The van der Waals surface area contributed by atoms with E-state index in [4.69, 9.17) is 20.4 Å². The molecule has 4 rings (SSSR count). The Balaban J connectivity index is 0.000000360. The first kappa shape index (κ1) is 35.0. The number of halogens is 1. The van der Waals surface area contributed by atoms with Gasteiger partial charge in [0.2, 0.25) is 0 Å². The Hall–Kier alpha value is -4.49. The summed E-state index contributed by atoms with van der Waals surface area (Å²) < 4.78 is 13.5. The number of hydrogen-bond donors (Lipinski definition) is 7. The number of aromatic amines is 1. The fraction of sp³-hybridized carbons (Fsp3) is 0.438. The van der Waals surface area contributed by atoms with Crippen LogP contribution in [0, 0.1) is 11.7 Å². The van der Waals surface area contributed by atoms with E-state index in [9.17, 15) is 23.6 Å². The predicted molar refractivity (Wildman–Crippen MR) is 164 cm³/mol. The molecule has 0 aliphatic heterocycles. The Labute approximate surface area is 260 Å². The van der Waals surface area contributed by atoms with Crippen LogP contribution in [0.1, 0.15) is 49.7 Å². The molecule has 7 N–H and O–H groups in total. The number of nitrogens with zero attached hydrogens (tertiary/aromatic N) is 1. The molecule has 2 aromatic carbocycles. The molecule has 12 nitrogen and oxygen atoms in total. The first-order valence-electron chi connectivity index (χ1n) is 14.7. The molecule has 1 aliphatic carbocycles. The maximum atomic E-state index is 13.5. The second-order valence-electron chi connectivity index (χ2n) is 11.6. The summed E-state index contributed by atoms with van der Waals surface area (Å²) in [6.07, 6.45) is 4.62. The molecule has 2 amide bonds. The van der Waals surface area contributed by atoms with Gasteiger partial charge < -0.3 is 36.0 Å². The number of carbonyl (C=O) groups is 4. The van der Waals surface area contributed by atoms with E-state index in [1.54, 1.807) is 6.07 Å². The molecular formula is C32H41FN4O8. The average Bonchev–Trinajstić information content (AvgIpc) is 3.38. The van der Waals surface area contributed by atoms with E-state index in [0.717, 1.165) is 42.1 Å². The van der Waals surface area contributed by atoms with Crippen LogP contribution < -0.4 is 10.6 Å². The van der Waals surface area contributed by atoms with Gasteiger partial charge in [0.05, 0.1) is 12.8 Å². The Bertz CT molecular complexity index is 1450. The van der Waals surface area contributed by atoms with Gasteiger partial charge in [-0.2, -0.15) is 0 Å². The van der Waals surface area contributed by atoms with Gasteiger partial charge in [-0.05, 0) is 81.4 Å². The molecule has 13 heteroatoms. The monoisotopic (exact) mass is 628 g/mol. The van der Waals surface area contributed by atoms with Gasteiger partial charge in [0, 0.05) is 35.7 Å². The van der Waals surface area contributed by atoms with Crippen molar-refractivity contribution in [2.24, 2.45) is 5.92 Å². The van der Waals surface area contributed by atoms with E-state index in [1.165, 1.54) is 17.7 Å². The summed E-state index contributed by atoms with van der Waals surface area (Å²) >= 11 is 0. The van der Waals surface area contributed by atoms with Crippen molar-refractivity contribution in [3.05, 3.63) is 71.7 Å². The van der Waals surface area contributed by atoms with Crippen LogP contribution in [0.15, 0.2) is 54.7 Å². The Kier molecular flexibility index (Phi) is 12.0. The maximum absolute atomic E-state index is 13.5. The van der Waals surface area contributed by atoms with Crippen LogP contribution >= 0.6 is 0 Å². The summed E-state index contributed by atoms with van der Waals surface area (Å²) in [5.74, 6) is -4.77. The van der Waals surface area contributed by atoms with E-state index in [0.29, 0.717) is 25.4 Å². The van der Waals surface area contributed by atoms with Crippen molar-refractivity contribution in [3.8, 4) is 0 Å². The van der Waals surface area contributed by atoms with Gasteiger partial charge in [0.1, 0.15) is 5.82 Å². The highest BCUT2D eigenvalue weighted by molar-refractivity contribution is 5.88. The van der Waals surface area contributed by atoms with Gasteiger partial charge in [0.25, 0.3) is 0 Å². The number of nitrogens with one attached hydrogen (secondary N) is 3. The van der Waals surface area contributed by atoms with Crippen molar-refractivity contribution in [1.82, 2.24) is 20.5 Å². The summed E-state index contributed by atoms with van der Waals surface area (Å²) in [5.41, 5.74) is 0.642. The molecule has 0 spiro atoms. The van der Waals surface area contributed by atoms with Crippen LogP contribution in [0.25, 0.3) is 10.9 Å². The lowest BCUT2D eigenvalue weighted by Gasteiger charge is -2.45. The van der Waals surface area contributed by atoms with Gasteiger partial charge in [-0.25, -0.2) is 14.0 Å². The van der Waals surface area contributed by atoms with Gasteiger partial charge in [-0.15, -0.1) is 0 Å². The van der Waals surface area contributed by atoms with Crippen molar-refractivity contribution in [1.29, 1.82) is 0 Å². The predicted octanol–water partition coefficient (Wildman–Crippen LogP) is 3.55. The number of urea groups is 1. The second-order valence-corrected chi connectivity index (χ2v) is 11.6. The first-order valence-corrected chi connectivity index (χ1v) is 14.7. The van der Waals surface area contributed by atoms with Crippen LogP contribution in [0.3, 0.4) is 0 Å². The Morgan fingerprint density at radius 2 is 1.60 bits per heavy atom. The smallest absolute Gasteiger partial charge is 0.336 e. The third kappa shape index (κ3) is 9.50. The minimum Gasteiger partial charge on any atom is -0.481 e. The van der Waals surface area contributed by atoms with E-state index >= 15 is 0 Å². The van der Waals surface area contributed by atoms with Gasteiger partial charge in [-0.1, -0.05) is 30.3 Å². The van der Waals surface area contributed by atoms with Gasteiger partial charge in [0.15, 0.2) is 5.60 Å². The van der Waals surface area contributed by atoms with Gasteiger partial charge >= 0.3 is 23.9 Å². The maximum Gasteiger partial charge on any atom is 0.336 e. The standard InChI is InChI=1S/C26H33FN4O.C6H8O7/c1-31(2)26(21-6-4-3-5-7-21)13-10-19(11-14-26)17-30-25(32)28-15-12-20-18-29-24-9-8-22(27)16-23(20)24;7-3(8)1-6(13,5(11)12)2-4(9)10/h3-9,16,18-19,29H,10-15,17H2,1-2H3,(H2,28,30,32);13H,1-2H2,(H,7,8)(H,9,10)(H,11,12). The molecule has 0 atom stereocenters. The number of hydrogen-bond acceptors (Lipinski definition) is 6. The summed E-state index contributed by atoms with van der Waals surface area (Å²) in [4.78, 5) is 48.3. The first-order chi connectivity index (χ1) is 21.3. The lowest BCUT2D eigenvalue weighted by Crippen LogP contribution is -2.46. The number of aromatic nitrogens is 1. The topological polar surface area (TPSA) is 192 Å². The number of aliphatic carboxylic acids is 3. The van der Waals surface area contributed by atoms with Crippen molar-refractivity contribution < 1.29 is 44.0 Å². The van der Waals surface area contributed by atoms with Crippen molar-refractivity contribution in [2.45, 2.75) is 56.1 Å². The summed E-state index contributed by atoms with van der Waals surface area (Å²) in [6, 6.07) is 15.3. The van der Waals surface area contributed by atoms with Crippen molar-refractivity contribution in [2.75, 3.05) is 27.2 Å². The largest absolute Gasteiger partial charge is 0.481 e. The zero-order chi connectivity index (χ0) is 33.2. The number of rotatable bonds is 12. The molecule has 244 valence electrons. The zero-order valence-electron chi connectivity index (χ0n) is 25.4. The summed E-state index contributed by atoms with van der Waals surface area (Å²) in [5, 5.41) is 40.7. The van der Waals surface area contributed by atoms with Crippen LogP contribution in [-0.4, -0.2) is 87.0 Å². The van der Waals surface area contributed by atoms with Crippen molar-refractivity contribution >= 4 is 34.8 Å². The minimum atomic E-state index is -2.74. The molecule has 0 radical (unpaired) electrons. The number of H-pyrrole nitrogens is 1. The fourth-order valence-electron chi connectivity index (χ4n) is 5.78. The number of aliphatic hydroxyl groups is 1. The molecule has 3 aromatic rings. The second kappa shape index (κ2) is 15.5. The van der Waals surface area contributed by atoms with E-state index in [-0.39, 0.29) is 17.4 Å². The highest BCUT2D eigenvalue weighted by atomic mass is 19.1. The normalized spacial score (nSPS) is 18.1. The highest BCUT2D eigenvalue weighted by Gasteiger charge is 2.41. The van der Waals surface area contributed by atoms with E-state index < -0.39 is 36.4 Å². The molecule has 0 unspecified atom stereocenters. The zero-order valence-corrected chi connectivity index (χ0v) is 25.4. The molecule has 1 heterocycles. The number of benzene rings is 2.